The van der Waals surface area contributed by atoms with E-state index in [0.29, 0.717) is 6.42 Å². The van der Waals surface area contributed by atoms with Crippen LogP contribution < -0.4 is 4.74 Å². The number of rotatable bonds is 14. The van der Waals surface area contributed by atoms with Gasteiger partial charge in [0.05, 0.1) is 18.6 Å². The average molecular weight is 639 g/mol. The molecule has 0 spiro atoms. The monoisotopic (exact) mass is 638 g/mol. The van der Waals surface area contributed by atoms with Gasteiger partial charge in [-0.2, -0.15) is 0 Å². The van der Waals surface area contributed by atoms with Crippen LogP contribution in [0, 0.1) is 0 Å². The fraction of sp³-hybridized carbons (Fsp3) is 0.227. The second-order valence-corrected chi connectivity index (χ2v) is 11.7. The van der Waals surface area contributed by atoms with Gasteiger partial charge in [-0.25, -0.2) is 0 Å². The molecule has 0 radical (unpaired) electrons. The minimum absolute atomic E-state index is 0.0681. The van der Waals surface area contributed by atoms with Crippen molar-refractivity contribution in [3.05, 3.63) is 179 Å². The van der Waals surface area contributed by atoms with E-state index in [0.717, 1.165) is 56.9 Å². The summed E-state index contributed by atoms with van der Waals surface area (Å²) in [6.45, 7) is 11.1. The quantitative estimate of drug-likeness (QED) is 0.185. The molecule has 0 saturated carbocycles. The predicted octanol–water partition coefficient (Wildman–Crippen LogP) is 9.62. The first kappa shape index (κ1) is 34.4. The van der Waals surface area contributed by atoms with Crippen LogP contribution in [0.5, 0.6) is 5.75 Å². The minimum atomic E-state index is -0.652. The number of ether oxygens (including phenoxy) is 2. The van der Waals surface area contributed by atoms with E-state index < -0.39 is 5.41 Å². The van der Waals surface area contributed by atoms with Crippen LogP contribution in [0.4, 0.5) is 0 Å². The third-order valence-corrected chi connectivity index (χ3v) is 8.98. The number of aliphatic hydroxyl groups excluding tert-OH is 2. The molecule has 1 unspecified atom stereocenters. The van der Waals surface area contributed by atoms with Crippen LogP contribution in [0.1, 0.15) is 44.7 Å². The first-order valence-corrected chi connectivity index (χ1v) is 16.8. The van der Waals surface area contributed by atoms with E-state index in [2.05, 4.69) is 106 Å². The van der Waals surface area contributed by atoms with Gasteiger partial charge in [-0.3, -0.25) is 0 Å². The summed E-state index contributed by atoms with van der Waals surface area (Å²) in [4.78, 5) is 0. The number of hydrogen-bond donors (Lipinski definition) is 2. The summed E-state index contributed by atoms with van der Waals surface area (Å²) in [5, 5.41) is 19.3. The lowest BCUT2D eigenvalue weighted by Gasteiger charge is -2.38. The van der Waals surface area contributed by atoms with Crippen molar-refractivity contribution in [2.75, 3.05) is 26.4 Å². The first-order valence-electron chi connectivity index (χ1n) is 16.8. The second kappa shape index (κ2) is 16.3. The molecule has 246 valence electrons. The van der Waals surface area contributed by atoms with Crippen molar-refractivity contribution in [3.63, 3.8) is 0 Å². The van der Waals surface area contributed by atoms with E-state index >= 15 is 0 Å². The first-order chi connectivity index (χ1) is 23.6. The number of aliphatic hydroxyl groups is 2. The summed E-state index contributed by atoms with van der Waals surface area (Å²) in [5.41, 5.74) is 10.5. The topological polar surface area (TPSA) is 58.9 Å². The summed E-state index contributed by atoms with van der Waals surface area (Å²) in [7, 11) is 0. The largest absolute Gasteiger partial charge is 0.491 e. The molecule has 0 fully saturated rings. The highest BCUT2D eigenvalue weighted by Gasteiger charge is 2.48. The molecule has 4 heteroatoms. The summed E-state index contributed by atoms with van der Waals surface area (Å²) in [6.07, 6.45) is 18.7. The normalized spacial score (nSPS) is 18.2. The molecule has 2 aliphatic carbocycles. The number of allylic oxidation sites excluding steroid dienone is 14. The molecule has 0 aromatic heterocycles. The Morgan fingerprint density at radius 1 is 0.792 bits per heavy atom. The van der Waals surface area contributed by atoms with Gasteiger partial charge in [-0.15, -0.1) is 0 Å². The van der Waals surface area contributed by atoms with Gasteiger partial charge < -0.3 is 19.7 Å². The van der Waals surface area contributed by atoms with Crippen molar-refractivity contribution < 1.29 is 19.7 Å². The van der Waals surface area contributed by atoms with E-state index in [4.69, 9.17) is 9.47 Å². The van der Waals surface area contributed by atoms with Crippen LogP contribution >= 0.6 is 0 Å². The third kappa shape index (κ3) is 6.60. The molecule has 0 saturated heterocycles. The summed E-state index contributed by atoms with van der Waals surface area (Å²) >= 11 is 0. The van der Waals surface area contributed by atoms with Gasteiger partial charge in [0.1, 0.15) is 24.7 Å². The molecule has 1 atom stereocenters. The van der Waals surface area contributed by atoms with Crippen LogP contribution in [0.25, 0.3) is 16.7 Å². The fourth-order valence-electron chi connectivity index (χ4n) is 7.15. The molecule has 3 aromatic rings. The highest BCUT2D eigenvalue weighted by Crippen LogP contribution is 2.58. The van der Waals surface area contributed by atoms with E-state index in [1.165, 1.54) is 16.7 Å². The Labute approximate surface area is 285 Å². The van der Waals surface area contributed by atoms with Gasteiger partial charge in [0, 0.05) is 11.1 Å². The van der Waals surface area contributed by atoms with Gasteiger partial charge in [0.2, 0.25) is 0 Å². The van der Waals surface area contributed by atoms with Crippen molar-refractivity contribution in [2.45, 2.75) is 39.0 Å². The van der Waals surface area contributed by atoms with E-state index in [-0.39, 0.29) is 26.4 Å². The fourth-order valence-corrected chi connectivity index (χ4v) is 7.15. The Kier molecular flexibility index (Phi) is 11.7. The molecule has 0 heterocycles. The summed E-state index contributed by atoms with van der Waals surface area (Å²) < 4.78 is 12.3. The van der Waals surface area contributed by atoms with Crippen LogP contribution in [-0.4, -0.2) is 36.6 Å². The van der Waals surface area contributed by atoms with Crippen LogP contribution in [0.3, 0.4) is 0 Å². The second-order valence-electron chi connectivity index (χ2n) is 11.7. The summed E-state index contributed by atoms with van der Waals surface area (Å²) in [6, 6.07) is 27.0. The maximum Gasteiger partial charge on any atom is 0.127 e. The SMILES string of the molecule is C=CC1=C(/C=C\C)C(/C=C\C)=C(CC)C1(C1=CC=C(OCCO)C(c2ccccc2)=CC1)c1ccc(OCCO)c(-c2ccccc2)c1. The maximum absolute atomic E-state index is 9.68. The number of benzene rings is 3. The van der Waals surface area contributed by atoms with Crippen LogP contribution in [0.15, 0.2) is 168 Å². The standard InChI is InChI=1S/C44H46O4/c1-5-15-37-38(16-6-2)41(8-4)44(40(37)7-3,35-23-26-43(48-30-28-46)39(31-35)33-19-13-10-14-20-33)34-21-24-36(32-17-11-9-12-18-32)42(25-22-34)47-29-27-45/h5-7,9-20,22-26,31,45-46H,3,8,21,27-30H2,1-2,4H3/b15-5-,16-6-. The highest BCUT2D eigenvalue weighted by atomic mass is 16.5. The maximum atomic E-state index is 9.68. The number of hydrogen-bond acceptors (Lipinski definition) is 4. The zero-order valence-corrected chi connectivity index (χ0v) is 28.3. The molecule has 0 aliphatic heterocycles. The van der Waals surface area contributed by atoms with Crippen LogP contribution in [0.2, 0.25) is 0 Å². The van der Waals surface area contributed by atoms with Crippen molar-refractivity contribution >= 4 is 5.57 Å². The third-order valence-electron chi connectivity index (χ3n) is 8.98. The Hall–Kier alpha value is -4.90. The van der Waals surface area contributed by atoms with Crippen molar-refractivity contribution in [2.24, 2.45) is 0 Å². The van der Waals surface area contributed by atoms with Gasteiger partial charge in [-0.1, -0.05) is 123 Å². The van der Waals surface area contributed by atoms with Crippen molar-refractivity contribution in [1.29, 1.82) is 0 Å². The van der Waals surface area contributed by atoms with Crippen LogP contribution in [-0.2, 0) is 10.2 Å². The highest BCUT2D eigenvalue weighted by molar-refractivity contribution is 5.81. The molecular formula is C44H46O4. The molecule has 3 aromatic carbocycles. The molecule has 2 N–H and O–H groups in total. The average Bonchev–Trinajstić information content (AvgIpc) is 3.23. The molecule has 0 amide bonds. The van der Waals surface area contributed by atoms with Crippen molar-refractivity contribution in [3.8, 4) is 16.9 Å². The van der Waals surface area contributed by atoms with E-state index in [9.17, 15) is 10.2 Å². The Balaban J connectivity index is 1.86. The molecule has 2 aliphatic rings. The van der Waals surface area contributed by atoms with Crippen molar-refractivity contribution in [1.82, 2.24) is 0 Å². The van der Waals surface area contributed by atoms with Gasteiger partial charge in [-0.05, 0) is 89.5 Å². The zero-order chi connectivity index (χ0) is 33.9. The minimum Gasteiger partial charge on any atom is -0.491 e. The summed E-state index contributed by atoms with van der Waals surface area (Å²) in [5.74, 6) is 1.45. The predicted molar refractivity (Wildman–Crippen MR) is 199 cm³/mol. The van der Waals surface area contributed by atoms with Gasteiger partial charge in [0.25, 0.3) is 0 Å². The Morgan fingerprint density at radius 3 is 2.06 bits per heavy atom. The smallest absolute Gasteiger partial charge is 0.127 e. The van der Waals surface area contributed by atoms with Gasteiger partial charge in [0.15, 0.2) is 0 Å². The lowest BCUT2D eigenvalue weighted by atomic mass is 9.63. The van der Waals surface area contributed by atoms with E-state index in [1.807, 2.05) is 48.5 Å². The Morgan fingerprint density at radius 2 is 1.44 bits per heavy atom. The molecule has 4 nitrogen and oxygen atoms in total. The lowest BCUT2D eigenvalue weighted by molar-refractivity contribution is 0.154. The zero-order valence-electron chi connectivity index (χ0n) is 28.3. The molecular weight excluding hydrogens is 592 g/mol. The molecule has 0 bridgehead atoms. The molecule has 48 heavy (non-hydrogen) atoms. The Bertz CT molecular complexity index is 1820. The van der Waals surface area contributed by atoms with E-state index in [1.54, 1.807) is 0 Å². The molecule has 5 rings (SSSR count). The lowest BCUT2D eigenvalue weighted by Crippen LogP contribution is -2.31. The van der Waals surface area contributed by atoms with Gasteiger partial charge >= 0.3 is 0 Å².